The molecule has 0 radical (unpaired) electrons. The van der Waals surface area contributed by atoms with Crippen molar-refractivity contribution in [1.29, 1.82) is 0 Å². The number of halogens is 1. The zero-order valence-electron chi connectivity index (χ0n) is 18.2. The molecule has 4 aromatic rings. The highest BCUT2D eigenvalue weighted by Crippen LogP contribution is 2.42. The molecular weight excluding hydrogens is 451 g/mol. The van der Waals surface area contributed by atoms with Gasteiger partial charge in [-0.1, -0.05) is 6.07 Å². The second kappa shape index (κ2) is 8.72. The number of rotatable bonds is 5. The maximum absolute atomic E-state index is 14.0. The Balaban J connectivity index is 1.65. The molecule has 34 heavy (non-hydrogen) atoms. The average Bonchev–Trinajstić information content (AvgIpc) is 3.46. The predicted octanol–water partition coefficient (Wildman–Crippen LogP) is 5.20. The first-order valence-corrected chi connectivity index (χ1v) is 11.1. The molecule has 1 saturated heterocycles. The Kier molecular flexibility index (Phi) is 5.59. The lowest BCUT2D eigenvalue weighted by molar-refractivity contribution is 0.0697. The second-order valence-electron chi connectivity index (χ2n) is 8.09. The largest absolute Gasteiger partial charge is 0.478 e. The van der Waals surface area contributed by atoms with Gasteiger partial charge in [-0.3, -0.25) is 4.98 Å². The summed E-state index contributed by atoms with van der Waals surface area (Å²) >= 11 is 5.75. The minimum absolute atomic E-state index is 0.218. The van der Waals surface area contributed by atoms with Crippen LogP contribution < -0.4 is 10.2 Å². The predicted molar refractivity (Wildman–Crippen MR) is 132 cm³/mol. The first-order chi connectivity index (χ1) is 16.4. The van der Waals surface area contributed by atoms with Gasteiger partial charge in [-0.2, -0.15) is 0 Å². The van der Waals surface area contributed by atoms with E-state index in [1.54, 1.807) is 49.5 Å². The number of aromatic carboxylic acids is 1. The fourth-order valence-electron chi connectivity index (χ4n) is 4.35. The molecule has 2 aromatic carbocycles. The molecule has 0 spiro atoms. The fourth-order valence-corrected chi connectivity index (χ4v) is 4.69. The third-order valence-corrected chi connectivity index (χ3v) is 6.31. The van der Waals surface area contributed by atoms with Crippen LogP contribution in [0.25, 0.3) is 5.69 Å². The summed E-state index contributed by atoms with van der Waals surface area (Å²) in [6.07, 6.45) is 3.67. The Morgan fingerprint density at radius 1 is 1.06 bits per heavy atom. The molecule has 6 nitrogen and oxygen atoms in total. The smallest absolute Gasteiger partial charge is 0.335 e. The van der Waals surface area contributed by atoms with E-state index >= 15 is 0 Å². The molecule has 0 saturated carbocycles. The minimum Gasteiger partial charge on any atom is -0.478 e. The van der Waals surface area contributed by atoms with Crippen LogP contribution in [0.5, 0.6) is 0 Å². The van der Waals surface area contributed by atoms with Crippen LogP contribution in [0.15, 0.2) is 85.2 Å². The van der Waals surface area contributed by atoms with Crippen LogP contribution in [0, 0.1) is 12.7 Å². The van der Waals surface area contributed by atoms with E-state index in [-0.39, 0.29) is 23.5 Å². The van der Waals surface area contributed by atoms with Crippen molar-refractivity contribution in [2.75, 3.05) is 4.90 Å². The highest BCUT2D eigenvalue weighted by molar-refractivity contribution is 7.80. The molecule has 1 fully saturated rings. The molecule has 2 atom stereocenters. The summed E-state index contributed by atoms with van der Waals surface area (Å²) < 4.78 is 16.1. The summed E-state index contributed by atoms with van der Waals surface area (Å²) in [5, 5.41) is 13.2. The number of carboxylic acids is 1. The zero-order chi connectivity index (χ0) is 23.8. The molecule has 2 N–H and O–H groups in total. The van der Waals surface area contributed by atoms with Gasteiger partial charge in [0.2, 0.25) is 0 Å². The minimum atomic E-state index is -0.974. The van der Waals surface area contributed by atoms with Gasteiger partial charge in [0.25, 0.3) is 0 Å². The maximum Gasteiger partial charge on any atom is 0.335 e. The molecule has 0 aliphatic carbocycles. The molecule has 0 amide bonds. The Morgan fingerprint density at radius 3 is 2.50 bits per heavy atom. The number of hydrogen-bond acceptors (Lipinski definition) is 3. The van der Waals surface area contributed by atoms with Gasteiger partial charge >= 0.3 is 5.97 Å². The first-order valence-electron chi connectivity index (χ1n) is 10.7. The Morgan fingerprint density at radius 2 is 1.82 bits per heavy atom. The summed E-state index contributed by atoms with van der Waals surface area (Å²) in [6.45, 7) is 1.73. The quantitative estimate of drug-likeness (QED) is 0.390. The van der Waals surface area contributed by atoms with Gasteiger partial charge < -0.3 is 19.9 Å². The highest BCUT2D eigenvalue weighted by Gasteiger charge is 2.42. The topological polar surface area (TPSA) is 70.4 Å². The van der Waals surface area contributed by atoms with Crippen molar-refractivity contribution in [1.82, 2.24) is 14.9 Å². The molecule has 1 aliphatic rings. The molecule has 3 heterocycles. The van der Waals surface area contributed by atoms with E-state index in [1.165, 1.54) is 6.07 Å². The van der Waals surface area contributed by atoms with Gasteiger partial charge in [-0.05, 0) is 91.4 Å². The number of carbonyl (C=O) groups is 1. The number of hydrogen-bond donors (Lipinski definition) is 2. The summed E-state index contributed by atoms with van der Waals surface area (Å²) in [4.78, 5) is 17.8. The number of nitrogens with zero attached hydrogens (tertiary/aromatic N) is 3. The van der Waals surface area contributed by atoms with Crippen molar-refractivity contribution < 1.29 is 14.3 Å². The van der Waals surface area contributed by atoms with Crippen LogP contribution in [0.1, 0.15) is 39.4 Å². The zero-order valence-corrected chi connectivity index (χ0v) is 19.0. The number of aryl methyl sites for hydroxylation is 1. The van der Waals surface area contributed by atoms with Crippen LogP contribution in [-0.2, 0) is 0 Å². The lowest BCUT2D eigenvalue weighted by Gasteiger charge is -2.29. The van der Waals surface area contributed by atoms with Gasteiger partial charge in [0.15, 0.2) is 5.11 Å². The number of anilines is 1. The molecule has 5 rings (SSSR count). The van der Waals surface area contributed by atoms with Crippen molar-refractivity contribution in [2.45, 2.75) is 19.0 Å². The first kappa shape index (κ1) is 21.8. The maximum atomic E-state index is 14.0. The van der Waals surface area contributed by atoms with Gasteiger partial charge in [0.05, 0.1) is 17.3 Å². The van der Waals surface area contributed by atoms with E-state index in [9.17, 15) is 14.3 Å². The van der Waals surface area contributed by atoms with Gasteiger partial charge in [0, 0.05) is 29.5 Å². The average molecular weight is 473 g/mol. The molecule has 170 valence electrons. The number of aromatic nitrogens is 2. The lowest BCUT2D eigenvalue weighted by atomic mass is 10.0. The van der Waals surface area contributed by atoms with Crippen molar-refractivity contribution in [3.8, 4) is 5.69 Å². The standard InChI is InChI=1S/C26H21FN4O2S/c1-16-15-19(11-12-20(16)27)31-24(23(29-26(31)34)21-5-2-3-13-28-21)22-6-4-14-30(22)18-9-7-17(8-10-18)25(32)33/h2-15,23-24H,1H3,(H,29,34)(H,32,33)/t23-,24-/m1/s1. The number of benzene rings is 2. The molecule has 0 unspecified atom stereocenters. The Labute approximate surface area is 201 Å². The second-order valence-corrected chi connectivity index (χ2v) is 8.47. The Hall–Kier alpha value is -4.04. The van der Waals surface area contributed by atoms with Crippen LogP contribution in [0.4, 0.5) is 10.1 Å². The van der Waals surface area contributed by atoms with E-state index in [0.717, 1.165) is 22.8 Å². The number of carboxylic acid groups (broad SMARTS) is 1. The third kappa shape index (κ3) is 3.82. The van der Waals surface area contributed by atoms with Crippen LogP contribution in [0.3, 0.4) is 0 Å². The molecule has 1 aliphatic heterocycles. The summed E-state index contributed by atoms with van der Waals surface area (Å²) in [6, 6.07) is 20.8. The van der Waals surface area contributed by atoms with E-state index < -0.39 is 5.97 Å². The third-order valence-electron chi connectivity index (χ3n) is 5.99. The van der Waals surface area contributed by atoms with Crippen molar-refractivity contribution in [3.05, 3.63) is 114 Å². The van der Waals surface area contributed by atoms with Crippen molar-refractivity contribution in [3.63, 3.8) is 0 Å². The molecule has 2 aromatic heterocycles. The van der Waals surface area contributed by atoms with Crippen LogP contribution in [-0.4, -0.2) is 25.7 Å². The Bertz CT molecular complexity index is 1370. The van der Waals surface area contributed by atoms with Crippen LogP contribution in [0.2, 0.25) is 0 Å². The SMILES string of the molecule is Cc1cc(N2C(=S)N[C@H](c3ccccn3)[C@H]2c2cccn2-c2ccc(C(=O)O)cc2)ccc1F. The summed E-state index contributed by atoms with van der Waals surface area (Å²) in [7, 11) is 0. The molecule has 0 bridgehead atoms. The normalized spacial score (nSPS) is 17.6. The van der Waals surface area contributed by atoms with E-state index in [4.69, 9.17) is 12.2 Å². The van der Waals surface area contributed by atoms with E-state index in [0.29, 0.717) is 10.7 Å². The van der Waals surface area contributed by atoms with Crippen molar-refractivity contribution >= 4 is 29.0 Å². The van der Waals surface area contributed by atoms with Gasteiger partial charge in [-0.25, -0.2) is 9.18 Å². The number of thiocarbonyl (C=S) groups is 1. The number of pyridine rings is 1. The monoisotopic (exact) mass is 472 g/mol. The summed E-state index contributed by atoms with van der Waals surface area (Å²) in [5.41, 5.74) is 4.08. The van der Waals surface area contributed by atoms with E-state index in [1.807, 2.05) is 46.0 Å². The fraction of sp³-hybridized carbons (Fsp3) is 0.115. The van der Waals surface area contributed by atoms with Crippen molar-refractivity contribution in [2.24, 2.45) is 0 Å². The molecule has 8 heteroatoms. The van der Waals surface area contributed by atoms with Gasteiger partial charge in [0.1, 0.15) is 11.9 Å². The lowest BCUT2D eigenvalue weighted by Crippen LogP contribution is -2.30. The van der Waals surface area contributed by atoms with Crippen LogP contribution >= 0.6 is 12.2 Å². The molecular formula is C26H21FN4O2S. The summed E-state index contributed by atoms with van der Waals surface area (Å²) in [5.74, 6) is -1.25. The highest BCUT2D eigenvalue weighted by atomic mass is 32.1. The van der Waals surface area contributed by atoms with Gasteiger partial charge in [-0.15, -0.1) is 0 Å². The number of nitrogens with one attached hydrogen (secondary N) is 1. The van der Waals surface area contributed by atoms with E-state index in [2.05, 4.69) is 10.3 Å².